The Labute approximate surface area is 154 Å². The van der Waals surface area contributed by atoms with Gasteiger partial charge in [-0.05, 0) is 52.3 Å². The Balaban J connectivity index is 1.91. The van der Waals surface area contributed by atoms with Crippen LogP contribution in [0.2, 0.25) is 0 Å². The van der Waals surface area contributed by atoms with Gasteiger partial charge >= 0.3 is 0 Å². The molecular weight excluding hydrogens is 387 g/mol. The number of oxazole rings is 1. The van der Waals surface area contributed by atoms with Crippen LogP contribution < -0.4 is 0 Å². The van der Waals surface area contributed by atoms with E-state index in [2.05, 4.69) is 39.7 Å². The largest absolute Gasteiger partial charge is 0.429 e. The van der Waals surface area contributed by atoms with Gasteiger partial charge in [0.05, 0.1) is 6.61 Å². The number of halogens is 2. The molecule has 1 aromatic carbocycles. The van der Waals surface area contributed by atoms with E-state index in [9.17, 15) is 4.39 Å². The van der Waals surface area contributed by atoms with Crippen LogP contribution in [-0.4, -0.2) is 23.7 Å². The normalized spacial score (nSPS) is 11.7. The van der Waals surface area contributed by atoms with Gasteiger partial charge in [-0.25, -0.2) is 9.37 Å². The highest BCUT2D eigenvalue weighted by molar-refractivity contribution is 9.10. The fourth-order valence-corrected chi connectivity index (χ4v) is 3.04. The zero-order valence-corrected chi connectivity index (χ0v) is 15.8. The molecule has 4 nitrogen and oxygen atoms in total. The molecule has 3 rings (SSSR count). The Hall–Kier alpha value is -2.05. The first-order valence-corrected chi connectivity index (χ1v) is 8.58. The van der Waals surface area contributed by atoms with Crippen LogP contribution in [0, 0.1) is 5.82 Å². The molecule has 0 amide bonds. The Morgan fingerprint density at radius 1 is 1.12 bits per heavy atom. The minimum absolute atomic E-state index is 0.173. The van der Waals surface area contributed by atoms with E-state index >= 15 is 0 Å². The van der Waals surface area contributed by atoms with Crippen LogP contribution in [0.15, 0.2) is 51.7 Å². The van der Waals surface area contributed by atoms with Gasteiger partial charge in [-0.1, -0.05) is 13.8 Å². The Morgan fingerprint density at radius 3 is 2.40 bits per heavy atom. The number of hydrogen-bond acceptors (Lipinski definition) is 4. The van der Waals surface area contributed by atoms with Crippen molar-refractivity contribution in [2.75, 3.05) is 13.7 Å². The maximum absolute atomic E-state index is 13.1. The second kappa shape index (κ2) is 7.06. The van der Waals surface area contributed by atoms with Crippen molar-refractivity contribution in [3.05, 3.63) is 58.8 Å². The van der Waals surface area contributed by atoms with Crippen molar-refractivity contribution in [3.8, 4) is 22.7 Å². The number of aromatic nitrogens is 2. The molecule has 0 fully saturated rings. The van der Waals surface area contributed by atoms with Gasteiger partial charge in [0.15, 0.2) is 4.67 Å². The zero-order chi connectivity index (χ0) is 18.0. The fourth-order valence-electron chi connectivity index (χ4n) is 2.56. The third-order valence-corrected chi connectivity index (χ3v) is 4.45. The van der Waals surface area contributed by atoms with Gasteiger partial charge in [0.25, 0.3) is 0 Å². The van der Waals surface area contributed by atoms with Crippen LogP contribution >= 0.6 is 15.9 Å². The van der Waals surface area contributed by atoms with Gasteiger partial charge in [-0.2, -0.15) is 0 Å². The van der Waals surface area contributed by atoms with Crippen molar-refractivity contribution in [3.63, 3.8) is 0 Å². The lowest BCUT2D eigenvalue weighted by molar-refractivity contribution is 0.144. The molecule has 0 saturated heterocycles. The number of ether oxygens (including phenoxy) is 1. The number of pyridine rings is 1. The molecular formula is C19H18BrFN2O2. The summed E-state index contributed by atoms with van der Waals surface area (Å²) in [4.78, 5) is 9.06. The molecule has 2 aromatic heterocycles. The summed E-state index contributed by atoms with van der Waals surface area (Å²) in [6.45, 7) is 4.75. The van der Waals surface area contributed by atoms with Crippen LogP contribution in [0.25, 0.3) is 22.7 Å². The van der Waals surface area contributed by atoms with Crippen LogP contribution in [0.1, 0.15) is 19.5 Å². The van der Waals surface area contributed by atoms with E-state index in [0.29, 0.717) is 28.4 Å². The average Bonchev–Trinajstić information content (AvgIpc) is 2.97. The fraction of sp³-hybridized carbons (Fsp3) is 0.263. The predicted molar refractivity (Wildman–Crippen MR) is 97.7 cm³/mol. The summed E-state index contributed by atoms with van der Waals surface area (Å²) in [6, 6.07) is 9.94. The van der Waals surface area contributed by atoms with Crippen LogP contribution in [0.4, 0.5) is 4.39 Å². The summed E-state index contributed by atoms with van der Waals surface area (Å²) in [5, 5.41) is 0. The average molecular weight is 405 g/mol. The minimum Gasteiger partial charge on any atom is -0.429 e. The maximum atomic E-state index is 13.1. The number of benzene rings is 1. The van der Waals surface area contributed by atoms with Gasteiger partial charge in [-0.15, -0.1) is 0 Å². The molecule has 25 heavy (non-hydrogen) atoms. The molecule has 6 heteroatoms. The standard InChI is InChI=1S/C19H18BrFN2O2/c1-19(2,11-24-3)15-9-6-13(10-22-15)16-17(20)25-18(23-16)12-4-7-14(21)8-5-12/h4-10H,11H2,1-3H3. The lowest BCUT2D eigenvalue weighted by Crippen LogP contribution is -2.24. The summed E-state index contributed by atoms with van der Waals surface area (Å²) in [7, 11) is 1.68. The van der Waals surface area contributed by atoms with Crippen molar-refractivity contribution in [2.45, 2.75) is 19.3 Å². The highest BCUT2D eigenvalue weighted by Crippen LogP contribution is 2.33. The molecule has 0 aliphatic heterocycles. The van der Waals surface area contributed by atoms with Crippen LogP contribution in [-0.2, 0) is 10.2 Å². The first kappa shape index (κ1) is 17.8. The molecule has 0 radical (unpaired) electrons. The minimum atomic E-state index is -0.298. The summed E-state index contributed by atoms with van der Waals surface area (Å²) < 4.78 is 24.5. The Kier molecular flexibility index (Phi) is 5.01. The van der Waals surface area contributed by atoms with Crippen LogP contribution in [0.3, 0.4) is 0 Å². The molecule has 0 unspecified atom stereocenters. The second-order valence-electron chi connectivity index (χ2n) is 6.40. The second-order valence-corrected chi connectivity index (χ2v) is 7.12. The van der Waals surface area contributed by atoms with Crippen molar-refractivity contribution >= 4 is 15.9 Å². The number of rotatable bonds is 5. The van der Waals surface area contributed by atoms with Crippen molar-refractivity contribution < 1.29 is 13.5 Å². The smallest absolute Gasteiger partial charge is 0.228 e. The maximum Gasteiger partial charge on any atom is 0.228 e. The van der Waals surface area contributed by atoms with Crippen molar-refractivity contribution in [1.82, 2.24) is 9.97 Å². The quantitative estimate of drug-likeness (QED) is 0.583. The third kappa shape index (κ3) is 3.80. The SMILES string of the molecule is COCC(C)(C)c1ccc(-c2nc(-c3ccc(F)cc3)oc2Br)cn1. The summed E-state index contributed by atoms with van der Waals surface area (Å²) >= 11 is 3.40. The summed E-state index contributed by atoms with van der Waals surface area (Å²) in [5.41, 5.74) is 2.97. The molecule has 130 valence electrons. The van der Waals surface area contributed by atoms with Gasteiger partial charge in [0, 0.05) is 35.5 Å². The van der Waals surface area contributed by atoms with Gasteiger partial charge in [0.2, 0.25) is 5.89 Å². The molecule has 0 aliphatic rings. The third-order valence-electron chi connectivity index (χ3n) is 3.91. The first-order chi connectivity index (χ1) is 11.9. The van der Waals surface area contributed by atoms with Gasteiger partial charge in [0.1, 0.15) is 11.5 Å². The Bertz CT molecular complexity index is 858. The molecule has 3 aromatic rings. The van der Waals surface area contributed by atoms with E-state index in [1.807, 2.05) is 12.1 Å². The monoisotopic (exact) mass is 404 g/mol. The number of hydrogen-bond donors (Lipinski definition) is 0. The highest BCUT2D eigenvalue weighted by atomic mass is 79.9. The predicted octanol–water partition coefficient (Wildman–Crippen LogP) is 5.23. The molecule has 0 bridgehead atoms. The van der Waals surface area contributed by atoms with Gasteiger partial charge in [-0.3, -0.25) is 4.98 Å². The van der Waals surface area contributed by atoms with E-state index in [1.54, 1.807) is 25.4 Å². The molecule has 0 spiro atoms. The van der Waals surface area contributed by atoms with E-state index in [1.165, 1.54) is 12.1 Å². The Morgan fingerprint density at radius 2 is 1.80 bits per heavy atom. The lowest BCUT2D eigenvalue weighted by atomic mass is 9.89. The molecule has 2 heterocycles. The topological polar surface area (TPSA) is 48.2 Å². The van der Waals surface area contributed by atoms with Crippen molar-refractivity contribution in [1.29, 1.82) is 0 Å². The molecule has 0 saturated carbocycles. The molecule has 0 aliphatic carbocycles. The first-order valence-electron chi connectivity index (χ1n) is 7.79. The summed E-state index contributed by atoms with van der Waals surface area (Å²) in [6.07, 6.45) is 1.77. The van der Waals surface area contributed by atoms with E-state index in [0.717, 1.165) is 11.3 Å². The molecule has 0 atom stereocenters. The lowest BCUT2D eigenvalue weighted by Gasteiger charge is -2.22. The number of methoxy groups -OCH3 is 1. The van der Waals surface area contributed by atoms with E-state index in [-0.39, 0.29) is 11.2 Å². The zero-order valence-electron chi connectivity index (χ0n) is 14.2. The van der Waals surface area contributed by atoms with Gasteiger partial charge < -0.3 is 9.15 Å². The van der Waals surface area contributed by atoms with Crippen LogP contribution in [0.5, 0.6) is 0 Å². The van der Waals surface area contributed by atoms with E-state index in [4.69, 9.17) is 9.15 Å². The summed E-state index contributed by atoms with van der Waals surface area (Å²) in [5.74, 6) is 0.124. The molecule has 0 N–H and O–H groups in total. The van der Waals surface area contributed by atoms with Crippen molar-refractivity contribution in [2.24, 2.45) is 0 Å². The highest BCUT2D eigenvalue weighted by Gasteiger charge is 2.22. The number of nitrogens with zero attached hydrogens (tertiary/aromatic N) is 2. The van der Waals surface area contributed by atoms with E-state index < -0.39 is 0 Å².